The highest BCUT2D eigenvalue weighted by Crippen LogP contribution is 2.36. The summed E-state index contributed by atoms with van der Waals surface area (Å²) in [5.74, 6) is -1.59. The number of nitro groups is 1. The highest BCUT2D eigenvalue weighted by Gasteiger charge is 2.33. The molecular weight excluding hydrogens is 415 g/mol. The lowest BCUT2D eigenvalue weighted by Crippen LogP contribution is -2.44. The van der Waals surface area contributed by atoms with Crippen LogP contribution in [0.5, 0.6) is 0 Å². The number of halogens is 3. The molecule has 0 spiro atoms. The van der Waals surface area contributed by atoms with Gasteiger partial charge in [-0.3, -0.25) is 35.2 Å². The number of thioether (sulfide) groups is 1. The molecule has 0 aliphatic rings. The van der Waals surface area contributed by atoms with Crippen molar-refractivity contribution in [3.8, 4) is 0 Å². The second-order valence-corrected chi connectivity index (χ2v) is 6.92. The fraction of sp³-hybridized carbons (Fsp3) is 0.312. The second-order valence-electron chi connectivity index (χ2n) is 5.91. The number of nitrogens with zero attached hydrogens (tertiary/aromatic N) is 3. The van der Waals surface area contributed by atoms with Gasteiger partial charge in [-0.25, -0.2) is 0 Å². The van der Waals surface area contributed by atoms with Gasteiger partial charge in [-0.1, -0.05) is 0 Å². The van der Waals surface area contributed by atoms with Crippen molar-refractivity contribution in [2.75, 3.05) is 5.75 Å². The Labute approximate surface area is 166 Å². The first-order valence-electron chi connectivity index (χ1n) is 8.04. The maximum atomic E-state index is 12.7. The molecule has 156 valence electrons. The summed E-state index contributed by atoms with van der Waals surface area (Å²) in [4.78, 5) is 33.6. The summed E-state index contributed by atoms with van der Waals surface area (Å²) < 4.78 is 39.5. The molecule has 29 heavy (non-hydrogen) atoms. The summed E-state index contributed by atoms with van der Waals surface area (Å²) in [6, 6.07) is 3.82. The first kappa shape index (κ1) is 22.2. The number of carbonyl (C=O) groups is 2. The van der Waals surface area contributed by atoms with E-state index >= 15 is 0 Å². The van der Waals surface area contributed by atoms with Gasteiger partial charge >= 0.3 is 6.18 Å². The molecule has 0 atom stereocenters. The van der Waals surface area contributed by atoms with Gasteiger partial charge in [0.2, 0.25) is 5.91 Å². The van der Waals surface area contributed by atoms with Crippen molar-refractivity contribution in [1.29, 1.82) is 0 Å². The summed E-state index contributed by atoms with van der Waals surface area (Å²) in [7, 11) is 0. The van der Waals surface area contributed by atoms with Crippen LogP contribution < -0.4 is 10.9 Å². The number of nitro benzene ring substituents is 1. The van der Waals surface area contributed by atoms with E-state index < -0.39 is 34.2 Å². The van der Waals surface area contributed by atoms with Crippen LogP contribution in [0.15, 0.2) is 29.2 Å². The van der Waals surface area contributed by atoms with Crippen molar-refractivity contribution >= 4 is 29.3 Å². The lowest BCUT2D eigenvalue weighted by Gasteiger charge is -2.10. The molecule has 0 aliphatic carbocycles. The minimum Gasteiger partial charge on any atom is -0.272 e. The predicted octanol–water partition coefficient (Wildman–Crippen LogP) is 2.37. The minimum atomic E-state index is -4.72. The first-order valence-corrected chi connectivity index (χ1v) is 9.03. The molecule has 2 N–H and O–H groups in total. The van der Waals surface area contributed by atoms with E-state index in [4.69, 9.17) is 0 Å². The predicted molar refractivity (Wildman–Crippen MR) is 96.8 cm³/mol. The number of benzene rings is 1. The Morgan fingerprint density at radius 1 is 1.21 bits per heavy atom. The van der Waals surface area contributed by atoms with Crippen molar-refractivity contribution in [3.05, 3.63) is 51.3 Å². The summed E-state index contributed by atoms with van der Waals surface area (Å²) in [6.07, 6.45) is -4.72. The van der Waals surface area contributed by atoms with E-state index in [1.54, 1.807) is 19.9 Å². The van der Waals surface area contributed by atoms with Crippen LogP contribution in [-0.2, 0) is 22.3 Å². The van der Waals surface area contributed by atoms with Crippen LogP contribution >= 0.6 is 11.8 Å². The third-order valence-corrected chi connectivity index (χ3v) is 4.64. The number of hydrogen-bond acceptors (Lipinski definition) is 6. The first-order chi connectivity index (χ1) is 13.5. The fourth-order valence-electron chi connectivity index (χ4n) is 2.29. The van der Waals surface area contributed by atoms with Gasteiger partial charge in [0.25, 0.3) is 11.6 Å². The van der Waals surface area contributed by atoms with Crippen molar-refractivity contribution < 1.29 is 27.7 Å². The van der Waals surface area contributed by atoms with Crippen molar-refractivity contribution in [2.24, 2.45) is 0 Å². The average Bonchev–Trinajstić information content (AvgIpc) is 2.94. The Kier molecular flexibility index (Phi) is 6.84. The van der Waals surface area contributed by atoms with Crippen LogP contribution in [0.4, 0.5) is 18.9 Å². The van der Waals surface area contributed by atoms with Crippen molar-refractivity contribution in [3.63, 3.8) is 0 Å². The Morgan fingerprint density at radius 2 is 1.86 bits per heavy atom. The van der Waals surface area contributed by atoms with Crippen LogP contribution in [0.2, 0.25) is 0 Å². The molecule has 0 saturated heterocycles. The molecule has 2 amide bonds. The number of hydrogen-bond donors (Lipinski definition) is 2. The van der Waals surface area contributed by atoms with Gasteiger partial charge in [0, 0.05) is 11.8 Å². The molecule has 2 aromatic rings. The minimum absolute atomic E-state index is 0.105. The lowest BCUT2D eigenvalue weighted by molar-refractivity contribution is -0.388. The Balaban J connectivity index is 1.91. The zero-order chi connectivity index (χ0) is 21.8. The van der Waals surface area contributed by atoms with Crippen LogP contribution in [0.1, 0.15) is 17.0 Å². The molecule has 1 aromatic heterocycles. The summed E-state index contributed by atoms with van der Waals surface area (Å²) in [6.45, 7) is 3.40. The van der Waals surface area contributed by atoms with E-state index in [2.05, 4.69) is 16.0 Å². The normalized spacial score (nSPS) is 11.2. The molecule has 0 unspecified atom stereocenters. The van der Waals surface area contributed by atoms with E-state index in [0.717, 1.165) is 17.5 Å². The molecule has 1 aromatic carbocycles. The maximum absolute atomic E-state index is 12.7. The summed E-state index contributed by atoms with van der Waals surface area (Å²) in [5.41, 5.74) is 3.88. The molecule has 13 heteroatoms. The summed E-state index contributed by atoms with van der Waals surface area (Å²) in [5, 5.41) is 15.1. The quantitative estimate of drug-likeness (QED) is 0.412. The standard InChI is InChI=1S/C16H16F3N5O4S/c1-9-5-10(2)23(22-9)7-14(25)20-21-15(26)8-29-13-4-3-11(16(17,18)19)6-12(13)24(27)28/h3-6H,7-8H2,1-2H3,(H,20,25)(H,21,26). The second kappa shape index (κ2) is 8.94. The topological polar surface area (TPSA) is 119 Å². The smallest absolute Gasteiger partial charge is 0.272 e. The van der Waals surface area contributed by atoms with Gasteiger partial charge in [-0.15, -0.1) is 11.8 Å². The van der Waals surface area contributed by atoms with E-state index in [9.17, 15) is 32.9 Å². The van der Waals surface area contributed by atoms with Crippen LogP contribution in [0.3, 0.4) is 0 Å². The van der Waals surface area contributed by atoms with Gasteiger partial charge in [0.15, 0.2) is 0 Å². The van der Waals surface area contributed by atoms with Crippen LogP contribution in [-0.4, -0.2) is 32.3 Å². The van der Waals surface area contributed by atoms with Crippen molar-refractivity contribution in [2.45, 2.75) is 31.5 Å². The van der Waals surface area contributed by atoms with E-state index in [0.29, 0.717) is 23.9 Å². The van der Waals surface area contributed by atoms with Gasteiger partial charge < -0.3 is 0 Å². The van der Waals surface area contributed by atoms with Gasteiger partial charge in [0.05, 0.1) is 26.8 Å². The monoisotopic (exact) mass is 431 g/mol. The molecule has 0 radical (unpaired) electrons. The lowest BCUT2D eigenvalue weighted by atomic mass is 10.2. The summed E-state index contributed by atoms with van der Waals surface area (Å²) >= 11 is 0.674. The Morgan fingerprint density at radius 3 is 2.41 bits per heavy atom. The van der Waals surface area contributed by atoms with Crippen molar-refractivity contribution in [1.82, 2.24) is 20.6 Å². The third-order valence-electron chi connectivity index (χ3n) is 3.58. The average molecular weight is 431 g/mol. The van der Waals surface area contributed by atoms with E-state index in [-0.39, 0.29) is 17.2 Å². The van der Waals surface area contributed by atoms with Crippen LogP contribution in [0, 0.1) is 24.0 Å². The van der Waals surface area contributed by atoms with Gasteiger partial charge in [-0.05, 0) is 32.0 Å². The molecule has 2 rings (SSSR count). The molecule has 0 aliphatic heterocycles. The number of hydrazine groups is 1. The zero-order valence-electron chi connectivity index (χ0n) is 15.2. The number of aryl methyl sites for hydroxylation is 2. The number of alkyl halides is 3. The molecule has 0 bridgehead atoms. The van der Waals surface area contributed by atoms with E-state index in [1.807, 2.05) is 0 Å². The molecule has 9 nitrogen and oxygen atoms in total. The Hall–Kier alpha value is -3.09. The van der Waals surface area contributed by atoms with Crippen LogP contribution in [0.25, 0.3) is 0 Å². The molecule has 0 saturated carbocycles. The Bertz CT molecular complexity index is 945. The number of aromatic nitrogens is 2. The van der Waals surface area contributed by atoms with E-state index in [1.165, 1.54) is 4.68 Å². The largest absolute Gasteiger partial charge is 0.416 e. The fourth-order valence-corrected chi connectivity index (χ4v) is 3.09. The number of amides is 2. The SMILES string of the molecule is Cc1cc(C)n(CC(=O)NNC(=O)CSc2ccc(C(F)(F)F)cc2[N+](=O)[O-])n1. The highest BCUT2D eigenvalue weighted by molar-refractivity contribution is 8.00. The molecular formula is C16H16F3N5O4S. The molecule has 0 fully saturated rings. The third kappa shape index (κ3) is 6.20. The maximum Gasteiger partial charge on any atom is 0.416 e. The molecule has 1 heterocycles. The zero-order valence-corrected chi connectivity index (χ0v) is 16.1. The number of rotatable bonds is 6. The van der Waals surface area contributed by atoms with Gasteiger partial charge in [-0.2, -0.15) is 18.3 Å². The van der Waals surface area contributed by atoms with Gasteiger partial charge in [0.1, 0.15) is 6.54 Å². The number of carbonyl (C=O) groups excluding carboxylic acids is 2. The number of nitrogens with one attached hydrogen (secondary N) is 2. The highest BCUT2D eigenvalue weighted by atomic mass is 32.2.